The van der Waals surface area contributed by atoms with E-state index in [1.807, 2.05) is 13.0 Å². The van der Waals surface area contributed by atoms with E-state index in [1.165, 1.54) is 18.2 Å². The summed E-state index contributed by atoms with van der Waals surface area (Å²) < 4.78 is 15.6. The summed E-state index contributed by atoms with van der Waals surface area (Å²) in [6.45, 7) is 1.59. The highest BCUT2D eigenvalue weighted by molar-refractivity contribution is 6.42. The van der Waals surface area contributed by atoms with Gasteiger partial charge in [0.05, 0.1) is 21.7 Å². The second-order valence-corrected chi connectivity index (χ2v) is 6.42. The van der Waals surface area contributed by atoms with Crippen LogP contribution >= 0.6 is 23.2 Å². The van der Waals surface area contributed by atoms with Crippen molar-refractivity contribution in [3.63, 3.8) is 0 Å². The van der Waals surface area contributed by atoms with Crippen molar-refractivity contribution in [2.45, 2.75) is 13.0 Å². The molecule has 1 amide bonds. The van der Waals surface area contributed by atoms with Crippen molar-refractivity contribution in [2.24, 2.45) is 0 Å². The van der Waals surface area contributed by atoms with Crippen LogP contribution < -0.4 is 14.8 Å². The highest BCUT2D eigenvalue weighted by Gasteiger charge is 2.18. The molecule has 0 bridgehead atoms. The predicted molar refractivity (Wildman–Crippen MR) is 95.9 cm³/mol. The minimum atomic E-state index is -0.658. The first kappa shape index (κ1) is 18.4. The number of halogens is 2. The van der Waals surface area contributed by atoms with Crippen LogP contribution in [0.3, 0.4) is 0 Å². The molecule has 1 aliphatic rings. The van der Waals surface area contributed by atoms with Crippen molar-refractivity contribution in [1.29, 1.82) is 0 Å². The summed E-state index contributed by atoms with van der Waals surface area (Å²) in [5.74, 6) is 0.218. The van der Waals surface area contributed by atoms with Gasteiger partial charge in [-0.25, -0.2) is 4.79 Å². The van der Waals surface area contributed by atoms with Crippen LogP contribution in [0.4, 0.5) is 0 Å². The minimum Gasteiger partial charge on any atom is -0.454 e. The SMILES string of the molecule is C[C@@H](NC(=O)COC(=O)c1ccc(Cl)c(Cl)c1)c1ccc2c(c1)OCO2. The monoisotopic (exact) mass is 395 g/mol. The number of hydrogen-bond acceptors (Lipinski definition) is 5. The fourth-order valence-corrected chi connectivity index (χ4v) is 2.68. The van der Waals surface area contributed by atoms with Gasteiger partial charge < -0.3 is 19.5 Å². The molecule has 0 saturated carbocycles. The van der Waals surface area contributed by atoms with Crippen molar-refractivity contribution >= 4 is 35.1 Å². The van der Waals surface area contributed by atoms with Crippen LogP contribution in [0.2, 0.25) is 10.0 Å². The summed E-state index contributed by atoms with van der Waals surface area (Å²) in [5.41, 5.74) is 1.06. The zero-order valence-electron chi connectivity index (χ0n) is 13.8. The number of nitrogens with one attached hydrogen (secondary N) is 1. The largest absolute Gasteiger partial charge is 0.454 e. The molecule has 0 spiro atoms. The third-order valence-electron chi connectivity index (χ3n) is 3.76. The van der Waals surface area contributed by atoms with Crippen LogP contribution in [0.1, 0.15) is 28.9 Å². The Hall–Kier alpha value is -2.44. The summed E-state index contributed by atoms with van der Waals surface area (Å²) >= 11 is 11.7. The molecular formula is C18H15Cl2NO5. The number of ether oxygens (including phenoxy) is 3. The van der Waals surface area contributed by atoms with E-state index < -0.39 is 18.5 Å². The molecule has 0 saturated heterocycles. The van der Waals surface area contributed by atoms with Gasteiger partial charge in [-0.05, 0) is 42.8 Å². The quantitative estimate of drug-likeness (QED) is 0.780. The first-order chi connectivity index (χ1) is 12.4. The second kappa shape index (κ2) is 7.85. The van der Waals surface area contributed by atoms with Crippen LogP contribution in [0.25, 0.3) is 0 Å². The normalized spacial score (nSPS) is 13.2. The Morgan fingerprint density at radius 2 is 1.88 bits per heavy atom. The van der Waals surface area contributed by atoms with Crippen molar-refractivity contribution in [2.75, 3.05) is 13.4 Å². The van der Waals surface area contributed by atoms with Crippen molar-refractivity contribution < 1.29 is 23.8 Å². The van der Waals surface area contributed by atoms with Crippen molar-refractivity contribution in [1.82, 2.24) is 5.32 Å². The summed E-state index contributed by atoms with van der Waals surface area (Å²) in [5, 5.41) is 3.32. The molecule has 1 heterocycles. The van der Waals surface area contributed by atoms with E-state index in [0.717, 1.165) is 5.56 Å². The Balaban J connectivity index is 1.53. The standard InChI is InChI=1S/C18H15Cl2NO5/c1-10(11-3-5-15-16(7-11)26-9-25-15)21-17(22)8-24-18(23)12-2-4-13(19)14(20)6-12/h2-7,10H,8-9H2,1H3,(H,21,22)/t10-/m1/s1. The van der Waals surface area contributed by atoms with Crippen LogP contribution in [-0.2, 0) is 9.53 Å². The maximum atomic E-state index is 12.0. The molecule has 2 aromatic rings. The van der Waals surface area contributed by atoms with Gasteiger partial charge in [-0.1, -0.05) is 29.3 Å². The highest BCUT2D eigenvalue weighted by Crippen LogP contribution is 2.34. The van der Waals surface area contributed by atoms with E-state index in [9.17, 15) is 9.59 Å². The lowest BCUT2D eigenvalue weighted by atomic mass is 10.1. The third kappa shape index (κ3) is 4.20. The number of fused-ring (bicyclic) bond motifs is 1. The molecule has 0 unspecified atom stereocenters. The number of carbonyl (C=O) groups excluding carboxylic acids is 2. The van der Waals surface area contributed by atoms with Gasteiger partial charge in [0.15, 0.2) is 18.1 Å². The Bertz CT molecular complexity index is 855. The number of amides is 1. The van der Waals surface area contributed by atoms with Crippen LogP contribution in [0.15, 0.2) is 36.4 Å². The van der Waals surface area contributed by atoms with Gasteiger partial charge in [0.25, 0.3) is 5.91 Å². The lowest BCUT2D eigenvalue weighted by Crippen LogP contribution is -2.31. The molecule has 6 nitrogen and oxygen atoms in total. The summed E-state index contributed by atoms with van der Waals surface area (Å²) in [6.07, 6.45) is 0. The smallest absolute Gasteiger partial charge is 0.338 e. The molecule has 0 aliphatic carbocycles. The van der Waals surface area contributed by atoms with Gasteiger partial charge in [0, 0.05) is 0 Å². The third-order valence-corrected chi connectivity index (χ3v) is 4.50. The van der Waals surface area contributed by atoms with Crippen molar-refractivity contribution in [3.05, 3.63) is 57.6 Å². The zero-order valence-corrected chi connectivity index (χ0v) is 15.3. The van der Waals surface area contributed by atoms with E-state index in [1.54, 1.807) is 12.1 Å². The Kier molecular flexibility index (Phi) is 5.54. The highest BCUT2D eigenvalue weighted by atomic mass is 35.5. The van der Waals surface area contributed by atoms with E-state index in [2.05, 4.69) is 5.32 Å². The number of esters is 1. The molecule has 2 aromatic carbocycles. The maximum absolute atomic E-state index is 12.0. The molecule has 0 aromatic heterocycles. The molecule has 3 rings (SSSR count). The van der Waals surface area contributed by atoms with E-state index >= 15 is 0 Å². The second-order valence-electron chi connectivity index (χ2n) is 5.61. The number of hydrogen-bond donors (Lipinski definition) is 1. The summed E-state index contributed by atoms with van der Waals surface area (Å²) in [6, 6.07) is 9.48. The lowest BCUT2D eigenvalue weighted by Gasteiger charge is -2.15. The molecule has 1 N–H and O–H groups in total. The zero-order chi connectivity index (χ0) is 18.7. The molecule has 0 radical (unpaired) electrons. The topological polar surface area (TPSA) is 73.9 Å². The molecule has 8 heteroatoms. The minimum absolute atomic E-state index is 0.185. The molecular weight excluding hydrogens is 381 g/mol. The molecule has 1 aliphatic heterocycles. The summed E-state index contributed by atoms with van der Waals surface area (Å²) in [7, 11) is 0. The first-order valence-corrected chi connectivity index (χ1v) is 8.50. The Morgan fingerprint density at radius 1 is 1.12 bits per heavy atom. The van der Waals surface area contributed by atoms with Gasteiger partial charge in [0.2, 0.25) is 6.79 Å². The van der Waals surface area contributed by atoms with Crippen LogP contribution in [0, 0.1) is 0 Å². The Labute approximate surface area is 159 Å². The average Bonchev–Trinajstić information content (AvgIpc) is 3.09. The molecule has 1 atom stereocenters. The van der Waals surface area contributed by atoms with Crippen molar-refractivity contribution in [3.8, 4) is 11.5 Å². The van der Waals surface area contributed by atoms with Gasteiger partial charge in [0.1, 0.15) is 0 Å². The maximum Gasteiger partial charge on any atom is 0.338 e. The van der Waals surface area contributed by atoms with Crippen LogP contribution in [0.5, 0.6) is 11.5 Å². The fraction of sp³-hybridized carbons (Fsp3) is 0.222. The van der Waals surface area contributed by atoms with E-state index in [-0.39, 0.29) is 23.4 Å². The van der Waals surface area contributed by atoms with Crippen LogP contribution in [-0.4, -0.2) is 25.3 Å². The molecule has 0 fully saturated rings. The van der Waals surface area contributed by atoms with Gasteiger partial charge in [-0.15, -0.1) is 0 Å². The lowest BCUT2D eigenvalue weighted by molar-refractivity contribution is -0.124. The fourth-order valence-electron chi connectivity index (χ4n) is 2.39. The Morgan fingerprint density at radius 3 is 2.65 bits per heavy atom. The summed E-state index contributed by atoms with van der Waals surface area (Å²) in [4.78, 5) is 24.0. The molecule has 26 heavy (non-hydrogen) atoms. The van der Waals surface area contributed by atoms with E-state index in [0.29, 0.717) is 16.5 Å². The van der Waals surface area contributed by atoms with Gasteiger partial charge >= 0.3 is 5.97 Å². The number of benzene rings is 2. The van der Waals surface area contributed by atoms with E-state index in [4.69, 9.17) is 37.4 Å². The molecule has 136 valence electrons. The predicted octanol–water partition coefficient (Wildman–Crippen LogP) is 3.76. The van der Waals surface area contributed by atoms with Gasteiger partial charge in [-0.2, -0.15) is 0 Å². The first-order valence-electron chi connectivity index (χ1n) is 7.75. The average molecular weight is 396 g/mol. The number of rotatable bonds is 5. The number of carbonyl (C=O) groups is 2. The van der Waals surface area contributed by atoms with Gasteiger partial charge in [-0.3, -0.25) is 4.79 Å².